The molecule has 5 heteroatoms. The summed E-state index contributed by atoms with van der Waals surface area (Å²) in [5, 5.41) is 12.5. The molecule has 94 valence electrons. The zero-order valence-electron chi connectivity index (χ0n) is 10.1. The molecule has 0 aliphatic rings. The number of amides is 1. The van der Waals surface area contributed by atoms with Crippen LogP contribution in [0.1, 0.15) is 23.5 Å². The van der Waals surface area contributed by atoms with Crippen molar-refractivity contribution < 1.29 is 14.7 Å². The molecule has 1 heterocycles. The maximum absolute atomic E-state index is 12.0. The molecule has 2 rings (SSSR count). The Morgan fingerprint density at radius 2 is 1.94 bits per heavy atom. The van der Waals surface area contributed by atoms with Gasteiger partial charge in [0, 0.05) is 4.70 Å². The van der Waals surface area contributed by atoms with E-state index in [2.05, 4.69) is 5.32 Å². The first-order valence-corrected chi connectivity index (χ1v) is 6.26. The number of fused-ring (bicyclic) bond motifs is 1. The highest BCUT2D eigenvalue weighted by Gasteiger charge is 2.29. The van der Waals surface area contributed by atoms with Crippen LogP contribution < -0.4 is 5.32 Å². The minimum Gasteiger partial charge on any atom is -0.480 e. The summed E-state index contributed by atoms with van der Waals surface area (Å²) < 4.78 is 1.01. The van der Waals surface area contributed by atoms with Crippen molar-refractivity contribution >= 4 is 33.3 Å². The number of aliphatic carboxylic acids is 1. The smallest absolute Gasteiger partial charge is 0.328 e. The third-order valence-corrected chi connectivity index (χ3v) is 3.72. The topological polar surface area (TPSA) is 66.4 Å². The van der Waals surface area contributed by atoms with E-state index >= 15 is 0 Å². The van der Waals surface area contributed by atoms with Crippen molar-refractivity contribution in [2.45, 2.75) is 19.4 Å². The van der Waals surface area contributed by atoms with E-state index in [4.69, 9.17) is 5.11 Å². The van der Waals surface area contributed by atoms with Gasteiger partial charge >= 0.3 is 5.97 Å². The highest BCUT2D eigenvalue weighted by molar-refractivity contribution is 7.20. The molecular weight excluding hydrogens is 250 g/mol. The molecule has 2 N–H and O–H groups in total. The summed E-state index contributed by atoms with van der Waals surface area (Å²) in [6, 6.07) is 9.43. The fourth-order valence-corrected chi connectivity index (χ4v) is 2.45. The van der Waals surface area contributed by atoms with Crippen LogP contribution in [0.5, 0.6) is 0 Å². The molecule has 2 aromatic rings. The maximum Gasteiger partial charge on any atom is 0.328 e. The molecule has 0 saturated carbocycles. The fourth-order valence-electron chi connectivity index (χ4n) is 1.49. The van der Waals surface area contributed by atoms with E-state index in [1.165, 1.54) is 25.2 Å². The lowest BCUT2D eigenvalue weighted by atomic mass is 10.1. The first-order chi connectivity index (χ1) is 8.40. The molecule has 0 bridgehead atoms. The number of carbonyl (C=O) groups excluding carboxylic acids is 1. The quantitative estimate of drug-likeness (QED) is 0.894. The summed E-state index contributed by atoms with van der Waals surface area (Å²) in [4.78, 5) is 23.4. The second kappa shape index (κ2) is 4.42. The van der Waals surface area contributed by atoms with E-state index in [1.54, 1.807) is 6.07 Å². The highest BCUT2D eigenvalue weighted by atomic mass is 32.1. The van der Waals surface area contributed by atoms with E-state index < -0.39 is 11.5 Å². The molecule has 0 aliphatic heterocycles. The Kier molecular flexibility index (Phi) is 3.09. The Balaban J connectivity index is 2.26. The first kappa shape index (κ1) is 12.6. The largest absolute Gasteiger partial charge is 0.480 e. The van der Waals surface area contributed by atoms with Gasteiger partial charge < -0.3 is 10.4 Å². The summed E-state index contributed by atoms with van der Waals surface area (Å²) in [6.45, 7) is 2.92. The van der Waals surface area contributed by atoms with Crippen LogP contribution >= 0.6 is 11.3 Å². The molecule has 0 saturated heterocycles. The predicted octanol–water partition coefficient (Wildman–Crippen LogP) is 2.49. The maximum atomic E-state index is 12.0. The van der Waals surface area contributed by atoms with Crippen molar-refractivity contribution in [2.24, 2.45) is 0 Å². The van der Waals surface area contributed by atoms with E-state index in [9.17, 15) is 9.59 Å². The van der Waals surface area contributed by atoms with E-state index in [0.29, 0.717) is 4.88 Å². The summed E-state index contributed by atoms with van der Waals surface area (Å²) in [7, 11) is 0. The van der Waals surface area contributed by atoms with Crippen LogP contribution in [0, 0.1) is 0 Å². The number of rotatable bonds is 3. The third kappa shape index (κ3) is 2.36. The minimum atomic E-state index is -1.27. The molecule has 0 fully saturated rings. The monoisotopic (exact) mass is 263 g/mol. The van der Waals surface area contributed by atoms with Gasteiger partial charge in [-0.2, -0.15) is 0 Å². The standard InChI is InChI=1S/C13H13NO3S/c1-13(2,12(16)17)14-11(15)10-7-8-5-3-4-6-9(8)18-10/h3-7H,1-2H3,(H,14,15)(H,16,17). The van der Waals surface area contributed by atoms with Crippen molar-refractivity contribution in [1.29, 1.82) is 0 Å². The molecule has 1 aromatic heterocycles. The Labute approximate surface area is 108 Å². The van der Waals surface area contributed by atoms with E-state index in [0.717, 1.165) is 10.1 Å². The van der Waals surface area contributed by atoms with Crippen LogP contribution in [0.2, 0.25) is 0 Å². The van der Waals surface area contributed by atoms with Gasteiger partial charge in [-0.05, 0) is 31.4 Å². The van der Waals surface area contributed by atoms with Gasteiger partial charge in [0.2, 0.25) is 0 Å². The Morgan fingerprint density at radius 3 is 2.56 bits per heavy atom. The van der Waals surface area contributed by atoms with Crippen molar-refractivity contribution in [2.75, 3.05) is 0 Å². The summed E-state index contributed by atoms with van der Waals surface area (Å²) in [5.41, 5.74) is -1.27. The lowest BCUT2D eigenvalue weighted by molar-refractivity contribution is -0.143. The van der Waals surface area contributed by atoms with Crippen LogP contribution in [0.3, 0.4) is 0 Å². The summed E-state index contributed by atoms with van der Waals surface area (Å²) in [5.74, 6) is -1.42. The average Bonchev–Trinajstić information content (AvgIpc) is 2.71. The predicted molar refractivity (Wildman–Crippen MR) is 71.0 cm³/mol. The van der Waals surface area contributed by atoms with Gasteiger partial charge in [-0.1, -0.05) is 18.2 Å². The van der Waals surface area contributed by atoms with Crippen LogP contribution in [-0.4, -0.2) is 22.5 Å². The number of thiophene rings is 1. The number of carboxylic acid groups (broad SMARTS) is 1. The molecule has 1 amide bonds. The van der Waals surface area contributed by atoms with Gasteiger partial charge in [-0.3, -0.25) is 4.79 Å². The summed E-state index contributed by atoms with van der Waals surface area (Å²) in [6.07, 6.45) is 0. The number of carboxylic acids is 1. The highest BCUT2D eigenvalue weighted by Crippen LogP contribution is 2.25. The van der Waals surface area contributed by atoms with Gasteiger partial charge in [-0.25, -0.2) is 4.79 Å². The van der Waals surface area contributed by atoms with E-state index in [-0.39, 0.29) is 5.91 Å². The Bertz CT molecular complexity index is 582. The SMILES string of the molecule is CC(C)(NC(=O)c1cc2ccccc2s1)C(=O)O. The molecule has 0 unspecified atom stereocenters. The third-order valence-electron chi connectivity index (χ3n) is 2.61. The number of hydrogen-bond acceptors (Lipinski definition) is 3. The first-order valence-electron chi connectivity index (χ1n) is 5.44. The lowest BCUT2D eigenvalue weighted by Crippen LogP contribution is -2.49. The van der Waals surface area contributed by atoms with Crippen molar-refractivity contribution in [3.05, 3.63) is 35.2 Å². The summed E-state index contributed by atoms with van der Waals surface area (Å²) >= 11 is 1.35. The molecule has 0 spiro atoms. The van der Waals surface area contributed by atoms with Crippen LogP contribution in [0.25, 0.3) is 10.1 Å². The molecule has 18 heavy (non-hydrogen) atoms. The van der Waals surface area contributed by atoms with Gasteiger partial charge in [0.1, 0.15) is 5.54 Å². The number of benzene rings is 1. The van der Waals surface area contributed by atoms with Gasteiger partial charge in [0.25, 0.3) is 5.91 Å². The van der Waals surface area contributed by atoms with Gasteiger partial charge in [0.15, 0.2) is 0 Å². The molecule has 0 aliphatic carbocycles. The molecule has 1 aromatic carbocycles. The van der Waals surface area contributed by atoms with Crippen LogP contribution in [0.4, 0.5) is 0 Å². The molecular formula is C13H13NO3S. The number of hydrogen-bond donors (Lipinski definition) is 2. The molecule has 0 radical (unpaired) electrons. The molecule has 4 nitrogen and oxygen atoms in total. The van der Waals surface area contributed by atoms with Crippen LogP contribution in [-0.2, 0) is 4.79 Å². The van der Waals surface area contributed by atoms with Crippen LogP contribution in [0.15, 0.2) is 30.3 Å². The van der Waals surface area contributed by atoms with Crippen molar-refractivity contribution in [1.82, 2.24) is 5.32 Å². The second-order valence-electron chi connectivity index (χ2n) is 4.53. The van der Waals surface area contributed by atoms with Crippen molar-refractivity contribution in [3.63, 3.8) is 0 Å². The van der Waals surface area contributed by atoms with Gasteiger partial charge in [-0.15, -0.1) is 11.3 Å². The fraction of sp³-hybridized carbons (Fsp3) is 0.231. The van der Waals surface area contributed by atoms with Crippen molar-refractivity contribution in [3.8, 4) is 0 Å². The Morgan fingerprint density at radius 1 is 1.28 bits per heavy atom. The lowest BCUT2D eigenvalue weighted by Gasteiger charge is -2.20. The zero-order chi connectivity index (χ0) is 13.3. The van der Waals surface area contributed by atoms with Gasteiger partial charge in [0.05, 0.1) is 4.88 Å². The molecule has 0 atom stereocenters. The minimum absolute atomic E-state index is 0.358. The Hall–Kier alpha value is -1.88. The zero-order valence-corrected chi connectivity index (χ0v) is 10.9. The normalized spacial score (nSPS) is 11.4. The average molecular weight is 263 g/mol. The van der Waals surface area contributed by atoms with E-state index in [1.807, 2.05) is 24.3 Å². The number of nitrogens with one attached hydrogen (secondary N) is 1. The second-order valence-corrected chi connectivity index (χ2v) is 5.62. The number of carbonyl (C=O) groups is 2.